The molecule has 0 radical (unpaired) electrons. The number of sulfone groups is 1. The second-order valence-corrected chi connectivity index (χ2v) is 10.8. The van der Waals surface area contributed by atoms with Crippen molar-refractivity contribution in [2.75, 3.05) is 13.1 Å². The van der Waals surface area contributed by atoms with Gasteiger partial charge in [0.2, 0.25) is 0 Å². The molecule has 0 spiro atoms. The van der Waals surface area contributed by atoms with E-state index in [0.717, 1.165) is 0 Å². The molecule has 1 aromatic heterocycles. The van der Waals surface area contributed by atoms with Crippen LogP contribution in [0.5, 0.6) is 0 Å². The van der Waals surface area contributed by atoms with E-state index in [2.05, 4.69) is 20.8 Å². The summed E-state index contributed by atoms with van der Waals surface area (Å²) in [5, 5.41) is 14.8. The molecule has 0 aliphatic carbocycles. The highest BCUT2D eigenvalue weighted by Gasteiger charge is 2.45. The zero-order valence-corrected chi connectivity index (χ0v) is 18.2. The third-order valence-electron chi connectivity index (χ3n) is 6.02. The molecule has 2 aromatic carbocycles. The first-order chi connectivity index (χ1) is 15.4. The summed E-state index contributed by atoms with van der Waals surface area (Å²) in [5.41, 5.74) is 2.33. The highest BCUT2D eigenvalue weighted by Crippen LogP contribution is 2.31. The third kappa shape index (κ3) is 3.59. The number of nitrogens with zero attached hydrogens (tertiary/aromatic N) is 4. The van der Waals surface area contributed by atoms with Crippen molar-refractivity contribution in [3.05, 3.63) is 66.2 Å². The molecule has 166 valence electrons. The lowest BCUT2D eigenvalue weighted by Crippen LogP contribution is -2.61. The van der Waals surface area contributed by atoms with Crippen LogP contribution < -0.4 is 5.32 Å². The lowest BCUT2D eigenvalue weighted by atomic mass is 9.99. The van der Waals surface area contributed by atoms with Crippen molar-refractivity contribution in [2.45, 2.75) is 35.6 Å². The SMILES string of the molecule is CC1(S(=O)(=O)c2ccc(-c3ccc(C4=NO[C@@H](Cn5ccnn5)C4)cc3F)cc2)CNC1. The fourth-order valence-corrected chi connectivity index (χ4v) is 5.58. The molecule has 3 heterocycles. The fraction of sp³-hybridized carbons (Fsp3) is 0.318. The highest BCUT2D eigenvalue weighted by molar-refractivity contribution is 7.93. The number of rotatable bonds is 6. The van der Waals surface area contributed by atoms with Crippen molar-refractivity contribution < 1.29 is 17.6 Å². The lowest BCUT2D eigenvalue weighted by molar-refractivity contribution is 0.0693. The average molecular weight is 456 g/mol. The summed E-state index contributed by atoms with van der Waals surface area (Å²) in [6, 6.07) is 11.3. The molecule has 10 heteroatoms. The standard InChI is InChI=1S/C22H22FN5O3S/c1-22(13-24-14-22)32(29,30)18-5-2-15(3-6-18)19-7-4-16(10-20(19)23)21-11-17(31-26-21)12-28-9-8-25-27-28/h2-10,17,24H,11-14H2,1H3/t17-/m1/s1. The van der Waals surface area contributed by atoms with Crippen molar-refractivity contribution in [3.8, 4) is 11.1 Å². The number of benzene rings is 2. The molecule has 2 aliphatic rings. The van der Waals surface area contributed by atoms with Crippen LogP contribution in [0.2, 0.25) is 0 Å². The van der Waals surface area contributed by atoms with Gasteiger partial charge in [0.1, 0.15) is 5.82 Å². The number of hydrogen-bond donors (Lipinski definition) is 1. The van der Waals surface area contributed by atoms with Gasteiger partial charge in [0.15, 0.2) is 15.9 Å². The molecule has 0 amide bonds. The molecular weight excluding hydrogens is 433 g/mol. The van der Waals surface area contributed by atoms with Crippen LogP contribution in [0, 0.1) is 5.82 Å². The van der Waals surface area contributed by atoms with Gasteiger partial charge in [-0.3, -0.25) is 0 Å². The molecular formula is C22H22FN5O3S. The van der Waals surface area contributed by atoms with Gasteiger partial charge in [-0.15, -0.1) is 5.10 Å². The third-order valence-corrected chi connectivity index (χ3v) is 8.50. The average Bonchev–Trinajstić information content (AvgIpc) is 3.44. The first kappa shape index (κ1) is 20.8. The Morgan fingerprint density at radius 3 is 2.56 bits per heavy atom. The van der Waals surface area contributed by atoms with Crippen LogP contribution in [-0.2, 0) is 21.2 Å². The largest absolute Gasteiger partial charge is 0.390 e. The predicted octanol–water partition coefficient (Wildman–Crippen LogP) is 2.41. The van der Waals surface area contributed by atoms with Crippen LogP contribution >= 0.6 is 0 Å². The Hall–Kier alpha value is -3.11. The summed E-state index contributed by atoms with van der Waals surface area (Å²) in [6.45, 7) is 3.11. The number of aromatic nitrogens is 3. The van der Waals surface area contributed by atoms with Gasteiger partial charge in [-0.25, -0.2) is 17.5 Å². The summed E-state index contributed by atoms with van der Waals surface area (Å²) in [5.74, 6) is -0.407. The Morgan fingerprint density at radius 1 is 1.19 bits per heavy atom. The minimum atomic E-state index is -3.45. The zero-order valence-electron chi connectivity index (χ0n) is 17.4. The minimum Gasteiger partial charge on any atom is -0.390 e. The van der Waals surface area contributed by atoms with Crippen molar-refractivity contribution in [1.82, 2.24) is 20.3 Å². The second kappa shape index (κ2) is 7.79. The Kier molecular flexibility index (Phi) is 5.06. The van der Waals surface area contributed by atoms with Crippen molar-refractivity contribution in [3.63, 3.8) is 0 Å². The summed E-state index contributed by atoms with van der Waals surface area (Å²) in [6.07, 6.45) is 3.70. The summed E-state index contributed by atoms with van der Waals surface area (Å²) in [4.78, 5) is 5.70. The van der Waals surface area contributed by atoms with Gasteiger partial charge in [0.05, 0.1) is 28.1 Å². The van der Waals surface area contributed by atoms with Crippen LogP contribution in [-0.4, -0.2) is 53.1 Å². The smallest absolute Gasteiger partial charge is 0.186 e. The Balaban J connectivity index is 1.32. The minimum absolute atomic E-state index is 0.184. The van der Waals surface area contributed by atoms with Crippen LogP contribution in [0.3, 0.4) is 0 Å². The van der Waals surface area contributed by atoms with E-state index in [0.29, 0.717) is 48.5 Å². The van der Waals surface area contributed by atoms with Gasteiger partial charge in [-0.2, -0.15) is 0 Å². The van der Waals surface area contributed by atoms with E-state index in [-0.39, 0.29) is 11.0 Å². The van der Waals surface area contributed by atoms with Crippen molar-refractivity contribution in [1.29, 1.82) is 0 Å². The first-order valence-electron chi connectivity index (χ1n) is 10.3. The molecule has 1 N–H and O–H groups in total. The van der Waals surface area contributed by atoms with Gasteiger partial charge >= 0.3 is 0 Å². The maximum atomic E-state index is 14.9. The molecule has 0 saturated carbocycles. The van der Waals surface area contributed by atoms with E-state index >= 15 is 0 Å². The Labute approximate surface area is 185 Å². The summed E-state index contributed by atoms with van der Waals surface area (Å²) in [7, 11) is -3.45. The monoisotopic (exact) mass is 455 g/mol. The second-order valence-electron chi connectivity index (χ2n) is 8.37. The van der Waals surface area contributed by atoms with Gasteiger partial charge in [0, 0.05) is 36.8 Å². The topological polar surface area (TPSA) is 98.5 Å². The molecule has 2 aliphatic heterocycles. The predicted molar refractivity (Wildman–Crippen MR) is 116 cm³/mol. The summed E-state index contributed by atoms with van der Waals surface area (Å²) >= 11 is 0. The quantitative estimate of drug-likeness (QED) is 0.613. The molecule has 1 fully saturated rings. The van der Waals surface area contributed by atoms with Crippen molar-refractivity contribution in [2.24, 2.45) is 5.16 Å². The van der Waals surface area contributed by atoms with E-state index in [1.165, 1.54) is 6.07 Å². The maximum Gasteiger partial charge on any atom is 0.186 e. The van der Waals surface area contributed by atoms with E-state index < -0.39 is 20.4 Å². The molecule has 0 unspecified atom stereocenters. The number of oxime groups is 1. The molecule has 5 rings (SSSR count). The van der Waals surface area contributed by atoms with Crippen molar-refractivity contribution >= 4 is 15.5 Å². The maximum absolute atomic E-state index is 14.9. The van der Waals surface area contributed by atoms with Crippen LogP contribution in [0.1, 0.15) is 18.9 Å². The molecule has 32 heavy (non-hydrogen) atoms. The number of nitrogens with one attached hydrogen (secondary N) is 1. The van der Waals surface area contributed by atoms with Gasteiger partial charge < -0.3 is 10.2 Å². The van der Waals surface area contributed by atoms with Crippen LogP contribution in [0.4, 0.5) is 4.39 Å². The normalized spacial score (nSPS) is 19.8. The fourth-order valence-electron chi connectivity index (χ4n) is 3.93. The Bertz CT molecular complexity index is 1270. The van der Waals surface area contributed by atoms with E-state index in [1.807, 2.05) is 0 Å². The summed E-state index contributed by atoms with van der Waals surface area (Å²) < 4.78 is 41.4. The highest BCUT2D eigenvalue weighted by atomic mass is 32.2. The van der Waals surface area contributed by atoms with Gasteiger partial charge in [-0.1, -0.05) is 34.6 Å². The lowest BCUT2D eigenvalue weighted by Gasteiger charge is -2.38. The van der Waals surface area contributed by atoms with Gasteiger partial charge in [0.25, 0.3) is 0 Å². The van der Waals surface area contributed by atoms with Crippen LogP contribution in [0.25, 0.3) is 11.1 Å². The van der Waals surface area contributed by atoms with Crippen LogP contribution in [0.15, 0.2) is 64.9 Å². The molecule has 3 aromatic rings. The van der Waals surface area contributed by atoms with E-state index in [1.54, 1.807) is 60.4 Å². The van der Waals surface area contributed by atoms with Gasteiger partial charge in [-0.05, 0) is 30.7 Å². The van der Waals surface area contributed by atoms with E-state index in [4.69, 9.17) is 4.84 Å². The molecule has 0 bridgehead atoms. The van der Waals surface area contributed by atoms with E-state index in [9.17, 15) is 12.8 Å². The molecule has 1 atom stereocenters. The Morgan fingerprint density at radius 2 is 1.94 bits per heavy atom. The molecule has 8 nitrogen and oxygen atoms in total. The molecule has 1 saturated heterocycles. The number of halogens is 1. The number of hydrogen-bond acceptors (Lipinski definition) is 7. The zero-order chi connectivity index (χ0) is 22.3. The first-order valence-corrected chi connectivity index (χ1v) is 11.8.